The third-order valence-corrected chi connectivity index (χ3v) is 5.21. The molecule has 1 fully saturated rings. The van der Waals surface area contributed by atoms with Crippen LogP contribution in [0.15, 0.2) is 12.2 Å². The van der Waals surface area contributed by atoms with Crippen molar-refractivity contribution in [1.82, 2.24) is 4.90 Å². The summed E-state index contributed by atoms with van der Waals surface area (Å²) in [6.07, 6.45) is 4.81. The Morgan fingerprint density at radius 1 is 1.20 bits per heavy atom. The van der Waals surface area contributed by atoms with Crippen LogP contribution in [0.1, 0.15) is 34.1 Å². The highest BCUT2D eigenvalue weighted by Crippen LogP contribution is 2.49. The lowest BCUT2D eigenvalue weighted by atomic mass is 9.80. The highest BCUT2D eigenvalue weighted by Gasteiger charge is 2.52. The Morgan fingerprint density at radius 2 is 1.70 bits per heavy atom. The van der Waals surface area contributed by atoms with E-state index in [1.54, 1.807) is 11.9 Å². The molecule has 0 heterocycles. The largest absolute Gasteiger partial charge is 0.481 e. The first kappa shape index (κ1) is 15.1. The maximum atomic E-state index is 12.8. The number of rotatable bonds is 3. The second-order valence-corrected chi connectivity index (χ2v) is 7.33. The number of hydrogen-bond donors (Lipinski definition) is 1. The maximum absolute atomic E-state index is 12.8. The molecular formula is C16H25NO3. The number of carbonyl (C=O) groups is 2. The van der Waals surface area contributed by atoms with Crippen molar-refractivity contribution in [3.63, 3.8) is 0 Å². The van der Waals surface area contributed by atoms with Crippen LogP contribution in [0.5, 0.6) is 0 Å². The van der Waals surface area contributed by atoms with Crippen molar-refractivity contribution >= 4 is 11.9 Å². The molecule has 0 aromatic rings. The number of aliphatic carboxylic acids is 1. The second kappa shape index (κ2) is 4.90. The summed E-state index contributed by atoms with van der Waals surface area (Å²) in [5, 5.41) is 9.43. The van der Waals surface area contributed by atoms with Gasteiger partial charge in [-0.15, -0.1) is 0 Å². The summed E-state index contributed by atoms with van der Waals surface area (Å²) in [6.45, 7) is 8.31. The zero-order valence-corrected chi connectivity index (χ0v) is 13.0. The molecule has 20 heavy (non-hydrogen) atoms. The summed E-state index contributed by atoms with van der Waals surface area (Å²) in [4.78, 5) is 26.0. The van der Waals surface area contributed by atoms with Gasteiger partial charge in [0, 0.05) is 13.1 Å². The van der Waals surface area contributed by atoms with E-state index >= 15 is 0 Å². The van der Waals surface area contributed by atoms with Crippen LogP contribution < -0.4 is 0 Å². The van der Waals surface area contributed by atoms with Crippen LogP contribution in [0.25, 0.3) is 0 Å². The average molecular weight is 279 g/mol. The summed E-state index contributed by atoms with van der Waals surface area (Å²) >= 11 is 0. The second-order valence-electron chi connectivity index (χ2n) is 7.33. The molecule has 5 atom stereocenters. The van der Waals surface area contributed by atoms with E-state index in [0.29, 0.717) is 0 Å². The van der Waals surface area contributed by atoms with Gasteiger partial charge in [0.05, 0.1) is 11.8 Å². The number of hydrogen-bond acceptors (Lipinski definition) is 2. The minimum atomic E-state index is -0.836. The predicted molar refractivity (Wildman–Crippen MR) is 77.0 cm³/mol. The zero-order chi connectivity index (χ0) is 15.2. The maximum Gasteiger partial charge on any atom is 0.307 e. The first-order valence-corrected chi connectivity index (χ1v) is 7.32. The van der Waals surface area contributed by atoms with Crippen molar-refractivity contribution in [2.45, 2.75) is 40.2 Å². The van der Waals surface area contributed by atoms with E-state index in [1.807, 2.05) is 19.1 Å². The van der Waals surface area contributed by atoms with Crippen molar-refractivity contribution in [2.24, 2.45) is 29.1 Å². The molecule has 1 N–H and O–H groups in total. The third kappa shape index (κ3) is 2.36. The van der Waals surface area contributed by atoms with Crippen molar-refractivity contribution in [3.05, 3.63) is 12.2 Å². The van der Waals surface area contributed by atoms with Gasteiger partial charge in [-0.3, -0.25) is 9.59 Å². The van der Waals surface area contributed by atoms with Crippen LogP contribution in [0.4, 0.5) is 0 Å². The van der Waals surface area contributed by atoms with Crippen LogP contribution in [-0.4, -0.2) is 35.0 Å². The molecule has 1 amide bonds. The molecule has 4 heteroatoms. The van der Waals surface area contributed by atoms with Gasteiger partial charge in [-0.1, -0.05) is 32.9 Å². The number of carboxylic acids is 1. The normalized spacial score (nSPS) is 33.2. The van der Waals surface area contributed by atoms with Crippen molar-refractivity contribution < 1.29 is 14.7 Å². The van der Waals surface area contributed by atoms with E-state index in [1.165, 1.54) is 0 Å². The molecule has 2 aliphatic carbocycles. The molecule has 112 valence electrons. The number of carboxylic acid groups (broad SMARTS) is 1. The van der Waals surface area contributed by atoms with Crippen LogP contribution in [0.2, 0.25) is 0 Å². The molecule has 0 radical (unpaired) electrons. The van der Waals surface area contributed by atoms with Crippen LogP contribution in [0, 0.1) is 29.1 Å². The number of nitrogens with zero attached hydrogens (tertiary/aromatic N) is 1. The monoisotopic (exact) mass is 279 g/mol. The van der Waals surface area contributed by atoms with Gasteiger partial charge in [0.1, 0.15) is 0 Å². The Morgan fingerprint density at radius 3 is 2.15 bits per heavy atom. The Labute approximate surface area is 120 Å². The topological polar surface area (TPSA) is 57.6 Å². The summed E-state index contributed by atoms with van der Waals surface area (Å²) in [7, 11) is 1.80. The van der Waals surface area contributed by atoms with Gasteiger partial charge in [0.25, 0.3) is 0 Å². The van der Waals surface area contributed by atoms with Crippen molar-refractivity contribution in [2.75, 3.05) is 7.05 Å². The lowest BCUT2D eigenvalue weighted by Crippen LogP contribution is -2.48. The van der Waals surface area contributed by atoms with Gasteiger partial charge in [0.15, 0.2) is 0 Å². The number of allylic oxidation sites excluding steroid dienone is 2. The predicted octanol–water partition coefficient (Wildman–Crippen LogP) is 2.40. The molecular weight excluding hydrogens is 254 g/mol. The Bertz CT molecular complexity index is 449. The van der Waals surface area contributed by atoms with E-state index in [-0.39, 0.29) is 29.2 Å². The summed E-state index contributed by atoms with van der Waals surface area (Å²) in [5.74, 6) is -1.66. The minimum Gasteiger partial charge on any atom is -0.481 e. The number of fused-ring (bicyclic) bond motifs is 2. The minimum absolute atomic E-state index is 0.0170. The summed E-state index contributed by atoms with van der Waals surface area (Å²) < 4.78 is 0. The van der Waals surface area contributed by atoms with E-state index in [2.05, 4.69) is 20.8 Å². The highest BCUT2D eigenvalue weighted by molar-refractivity contribution is 5.87. The number of amides is 1. The van der Waals surface area contributed by atoms with Gasteiger partial charge >= 0.3 is 5.97 Å². The van der Waals surface area contributed by atoms with E-state index in [4.69, 9.17) is 0 Å². The lowest BCUT2D eigenvalue weighted by molar-refractivity contribution is -0.152. The average Bonchev–Trinajstić information content (AvgIpc) is 2.94. The molecule has 0 aromatic carbocycles. The molecule has 1 saturated carbocycles. The molecule has 0 aromatic heterocycles. The smallest absolute Gasteiger partial charge is 0.307 e. The molecule has 2 rings (SSSR count). The Kier molecular flexibility index (Phi) is 3.69. The van der Waals surface area contributed by atoms with Crippen LogP contribution >= 0.6 is 0 Å². The van der Waals surface area contributed by atoms with Gasteiger partial charge in [-0.05, 0) is 30.6 Å². The van der Waals surface area contributed by atoms with Crippen LogP contribution in [-0.2, 0) is 9.59 Å². The fraction of sp³-hybridized carbons (Fsp3) is 0.750. The van der Waals surface area contributed by atoms with Gasteiger partial charge in [-0.25, -0.2) is 0 Å². The number of carbonyl (C=O) groups excluding carboxylic acids is 1. The molecule has 3 unspecified atom stereocenters. The fourth-order valence-corrected chi connectivity index (χ4v) is 3.50. The molecule has 0 saturated heterocycles. The Hall–Kier alpha value is -1.32. The quantitative estimate of drug-likeness (QED) is 0.807. The van der Waals surface area contributed by atoms with Crippen LogP contribution in [0.3, 0.4) is 0 Å². The summed E-state index contributed by atoms with van der Waals surface area (Å²) in [5.41, 5.74) is -0.0173. The van der Waals surface area contributed by atoms with E-state index in [0.717, 1.165) is 6.42 Å². The van der Waals surface area contributed by atoms with E-state index in [9.17, 15) is 14.7 Å². The summed E-state index contributed by atoms with van der Waals surface area (Å²) in [6, 6.07) is 0.0764. The first-order chi connectivity index (χ1) is 9.14. The third-order valence-electron chi connectivity index (χ3n) is 5.21. The van der Waals surface area contributed by atoms with Crippen molar-refractivity contribution in [3.8, 4) is 0 Å². The Balaban J connectivity index is 2.20. The molecule has 4 nitrogen and oxygen atoms in total. The van der Waals surface area contributed by atoms with Gasteiger partial charge < -0.3 is 10.0 Å². The standard InChI is InChI=1S/C16H25NO3/c1-9(16(2,3)4)17(5)14(18)12-10-6-7-11(8-10)13(12)15(19)20/h6-7,9-13H,8H2,1-5H3,(H,19,20)/t9?,10?,11?,12-,13+/m0/s1. The molecule has 2 bridgehead atoms. The zero-order valence-electron chi connectivity index (χ0n) is 13.0. The SMILES string of the molecule is CC(N(C)C(=O)[C@H]1C2C=CC(C2)[C@H]1C(=O)O)C(C)(C)C. The van der Waals surface area contributed by atoms with Gasteiger partial charge in [-0.2, -0.15) is 0 Å². The molecule has 2 aliphatic rings. The van der Waals surface area contributed by atoms with Crippen molar-refractivity contribution in [1.29, 1.82) is 0 Å². The van der Waals surface area contributed by atoms with E-state index < -0.39 is 17.8 Å². The first-order valence-electron chi connectivity index (χ1n) is 7.32. The molecule has 0 aliphatic heterocycles. The van der Waals surface area contributed by atoms with Gasteiger partial charge in [0.2, 0.25) is 5.91 Å². The highest BCUT2D eigenvalue weighted by atomic mass is 16.4. The fourth-order valence-electron chi connectivity index (χ4n) is 3.50. The lowest BCUT2D eigenvalue weighted by Gasteiger charge is -2.38. The molecule has 0 spiro atoms.